The van der Waals surface area contributed by atoms with Crippen molar-refractivity contribution in [3.63, 3.8) is 0 Å². The quantitative estimate of drug-likeness (QED) is 0.176. The van der Waals surface area contributed by atoms with Crippen LogP contribution in [0.5, 0.6) is 0 Å². The molecule has 0 aromatic heterocycles. The van der Waals surface area contributed by atoms with Gasteiger partial charge in [-0.1, -0.05) is 103 Å². The molecule has 22 heavy (non-hydrogen) atoms. The molecule has 0 bridgehead atoms. The first kappa shape index (κ1) is 20.5. The second-order valence-electron chi connectivity index (χ2n) is 7.71. The van der Waals surface area contributed by atoms with Gasteiger partial charge in [0, 0.05) is 13.7 Å². The van der Waals surface area contributed by atoms with Crippen LogP contribution in [0.15, 0.2) is 34.4 Å². The van der Waals surface area contributed by atoms with Crippen LogP contribution in [0.4, 0.5) is 0 Å². The van der Waals surface area contributed by atoms with Crippen molar-refractivity contribution in [3.05, 3.63) is 34.4 Å². The molecular weight excluding hydrogens is 724 g/mol. The summed E-state index contributed by atoms with van der Waals surface area (Å²) < 4.78 is 0.909. The Labute approximate surface area is 190 Å². The van der Waals surface area contributed by atoms with Gasteiger partial charge in [-0.25, -0.2) is 0 Å². The van der Waals surface area contributed by atoms with Gasteiger partial charge in [-0.05, 0) is 76.7 Å². The second-order valence-corrected chi connectivity index (χ2v) is 17.4. The molecule has 0 radical (unpaired) electrons. The van der Waals surface area contributed by atoms with E-state index >= 15 is 0 Å². The summed E-state index contributed by atoms with van der Waals surface area (Å²) >= 11 is 10.6. The zero-order valence-corrected chi connectivity index (χ0v) is 22.7. The van der Waals surface area contributed by atoms with E-state index in [0.29, 0.717) is 0 Å². The lowest BCUT2D eigenvalue weighted by molar-refractivity contribution is 0.573. The van der Waals surface area contributed by atoms with Crippen LogP contribution in [-0.4, -0.2) is 13.7 Å². The Morgan fingerprint density at radius 2 is 0.955 bits per heavy atom. The van der Waals surface area contributed by atoms with E-state index in [4.69, 9.17) is 0 Å². The van der Waals surface area contributed by atoms with Crippen molar-refractivity contribution < 1.29 is 0 Å². The lowest BCUT2D eigenvalue weighted by Crippen LogP contribution is -2.40. The van der Waals surface area contributed by atoms with Crippen molar-refractivity contribution in [2.24, 2.45) is 0 Å². The van der Waals surface area contributed by atoms with Gasteiger partial charge in [0.15, 0.2) is 0 Å². The molecule has 124 valence electrons. The molecule has 2 rings (SSSR count). The molecule has 4 heteroatoms. The normalized spacial score (nSPS) is 49.7. The number of hydrogen-bond donors (Lipinski definition) is 0. The van der Waals surface area contributed by atoms with E-state index in [9.17, 15) is 0 Å². The fourth-order valence-electron chi connectivity index (χ4n) is 4.36. The molecule has 0 N–H and O–H groups in total. The average molecular weight is 748 g/mol. The number of hydrogen-bond acceptors (Lipinski definition) is 0. The van der Waals surface area contributed by atoms with E-state index in [2.05, 4.69) is 144 Å². The first-order valence-corrected chi connectivity index (χ1v) is 11.9. The van der Waals surface area contributed by atoms with Gasteiger partial charge in [-0.3, -0.25) is 0 Å². The Kier molecular flexibility index (Phi) is 5.94. The Balaban J connectivity index is 2.77. The number of rotatable bonds is 0. The van der Waals surface area contributed by atoms with Crippen molar-refractivity contribution in [2.75, 3.05) is 0 Å². The molecule has 0 nitrogen and oxygen atoms in total. The minimum absolute atomic E-state index is 0.197. The summed E-state index contributed by atoms with van der Waals surface area (Å²) in [5.41, 5.74) is 6.12. The van der Waals surface area contributed by atoms with E-state index < -0.39 is 0 Å². The van der Waals surface area contributed by atoms with Crippen LogP contribution in [0.2, 0.25) is 0 Å². The topological polar surface area (TPSA) is 0 Å². The van der Waals surface area contributed by atoms with Crippen molar-refractivity contribution >= 4 is 90.4 Å². The maximum atomic E-state index is 2.70. The number of halogens is 4. The minimum atomic E-state index is 0.197. The van der Waals surface area contributed by atoms with Gasteiger partial charge >= 0.3 is 0 Å². The van der Waals surface area contributed by atoms with Gasteiger partial charge in [0.2, 0.25) is 0 Å². The van der Waals surface area contributed by atoms with Crippen molar-refractivity contribution in [1.82, 2.24) is 0 Å². The highest BCUT2D eigenvalue weighted by atomic mass is 127. The predicted molar refractivity (Wildman–Crippen MR) is 133 cm³/mol. The van der Waals surface area contributed by atoms with Crippen LogP contribution in [0.25, 0.3) is 0 Å². The number of allylic oxidation sites excluding steroid dienone is 6. The molecule has 0 aromatic carbocycles. The van der Waals surface area contributed by atoms with Gasteiger partial charge in [-0.15, -0.1) is 0 Å². The molecule has 0 fully saturated rings. The Morgan fingerprint density at radius 1 is 0.682 bits per heavy atom. The maximum Gasteiger partial charge on any atom is 0.0463 e. The van der Waals surface area contributed by atoms with Gasteiger partial charge in [-0.2, -0.15) is 0 Å². The standard InChI is InChI=1S/C18H24I4/c1-11-7-15(3,19)9-17(5,21)13(11)14-12(2)8-16(4,20)10-18(14,6)22/h7-8H,9-10H2,1-6H3. The largest absolute Gasteiger partial charge is 0.0745 e. The van der Waals surface area contributed by atoms with Gasteiger partial charge in [0.05, 0.1) is 0 Å². The average Bonchev–Trinajstić information content (AvgIpc) is 2.15. The lowest BCUT2D eigenvalue weighted by Gasteiger charge is -2.46. The molecule has 0 spiro atoms. The molecule has 0 amide bonds. The highest BCUT2D eigenvalue weighted by Crippen LogP contribution is 2.55. The third kappa shape index (κ3) is 4.27. The summed E-state index contributed by atoms with van der Waals surface area (Å²) in [5, 5.41) is 0. The Morgan fingerprint density at radius 3 is 1.18 bits per heavy atom. The fourth-order valence-corrected chi connectivity index (χ4v) is 11.3. The second kappa shape index (κ2) is 6.39. The van der Waals surface area contributed by atoms with E-state index in [1.165, 1.54) is 24.0 Å². The summed E-state index contributed by atoms with van der Waals surface area (Å²) in [6.45, 7) is 14.2. The first-order chi connectivity index (χ1) is 9.67. The van der Waals surface area contributed by atoms with Crippen LogP contribution < -0.4 is 0 Å². The van der Waals surface area contributed by atoms with Gasteiger partial charge < -0.3 is 0 Å². The van der Waals surface area contributed by atoms with Gasteiger partial charge in [0.25, 0.3) is 0 Å². The minimum Gasteiger partial charge on any atom is -0.0745 e. The van der Waals surface area contributed by atoms with Crippen LogP contribution in [-0.2, 0) is 0 Å². The van der Waals surface area contributed by atoms with E-state index in [1.807, 2.05) is 0 Å². The molecular formula is C18H24I4. The third-order valence-electron chi connectivity index (χ3n) is 4.47. The zero-order valence-electron chi connectivity index (χ0n) is 14.1. The molecule has 0 heterocycles. The van der Waals surface area contributed by atoms with E-state index in [0.717, 1.165) is 0 Å². The monoisotopic (exact) mass is 748 g/mol. The van der Waals surface area contributed by atoms with E-state index in [1.54, 1.807) is 11.1 Å². The van der Waals surface area contributed by atoms with Crippen molar-refractivity contribution in [2.45, 2.75) is 68.1 Å². The maximum absolute atomic E-state index is 2.70. The molecule has 4 unspecified atom stereocenters. The molecule has 0 saturated carbocycles. The van der Waals surface area contributed by atoms with E-state index in [-0.39, 0.29) is 13.7 Å². The lowest BCUT2D eigenvalue weighted by atomic mass is 9.71. The number of alkyl halides is 4. The molecule has 0 aliphatic heterocycles. The van der Waals surface area contributed by atoms with Gasteiger partial charge in [0.1, 0.15) is 0 Å². The summed E-state index contributed by atoms with van der Waals surface area (Å²) in [6, 6.07) is 0. The van der Waals surface area contributed by atoms with Crippen LogP contribution in [0, 0.1) is 0 Å². The summed E-state index contributed by atoms with van der Waals surface area (Å²) in [6.07, 6.45) is 7.35. The molecule has 0 aromatic rings. The molecule has 2 aliphatic rings. The smallest absolute Gasteiger partial charge is 0.0463 e. The zero-order chi connectivity index (χ0) is 17.1. The third-order valence-corrected chi connectivity index (χ3v) is 7.70. The highest BCUT2D eigenvalue weighted by Gasteiger charge is 2.46. The van der Waals surface area contributed by atoms with Crippen LogP contribution in [0.1, 0.15) is 54.4 Å². The summed E-state index contributed by atoms with van der Waals surface area (Å²) in [7, 11) is 0. The van der Waals surface area contributed by atoms with Crippen LogP contribution >= 0.6 is 90.4 Å². The molecule has 2 aliphatic carbocycles. The Bertz CT molecular complexity index is 534. The summed E-state index contributed by atoms with van der Waals surface area (Å²) in [5.74, 6) is 0. The predicted octanol–water partition coefficient (Wildman–Crippen LogP) is 7.76. The Hall–Kier alpha value is 2.14. The van der Waals surface area contributed by atoms with Crippen molar-refractivity contribution in [3.8, 4) is 0 Å². The highest BCUT2D eigenvalue weighted by molar-refractivity contribution is 14.1. The summed E-state index contributed by atoms with van der Waals surface area (Å²) in [4.78, 5) is 0. The van der Waals surface area contributed by atoms with Crippen molar-refractivity contribution in [1.29, 1.82) is 0 Å². The first-order valence-electron chi connectivity index (χ1n) is 7.57. The fraction of sp³-hybridized carbons (Fsp3) is 0.667. The SMILES string of the molecule is CC1=CC(C)(I)CC(C)(I)C1=C1C(C)=CC(C)(I)CC1(C)I. The molecule has 0 saturated heterocycles. The molecule has 4 atom stereocenters. The van der Waals surface area contributed by atoms with Crippen LogP contribution in [0.3, 0.4) is 0 Å².